The largest absolute Gasteiger partial charge is 0.264 e. The third-order valence-corrected chi connectivity index (χ3v) is 6.22. The summed E-state index contributed by atoms with van der Waals surface area (Å²) in [7, 11) is -3.52. The predicted molar refractivity (Wildman–Crippen MR) is 94.6 cm³/mol. The van der Waals surface area contributed by atoms with Crippen LogP contribution in [0.2, 0.25) is 0 Å². The van der Waals surface area contributed by atoms with Crippen LogP contribution < -0.4 is 0 Å². The monoisotopic (exact) mass is 369 g/mol. The summed E-state index contributed by atoms with van der Waals surface area (Å²) >= 11 is 1.60. The van der Waals surface area contributed by atoms with E-state index in [-0.39, 0.29) is 6.61 Å². The maximum absolute atomic E-state index is 11.3. The third-order valence-electron chi connectivity index (χ3n) is 4.56. The van der Waals surface area contributed by atoms with Crippen molar-refractivity contribution in [2.45, 2.75) is 59.0 Å². The summed E-state index contributed by atoms with van der Waals surface area (Å²) in [6, 6.07) is 0. The van der Waals surface area contributed by atoms with Crippen LogP contribution in [-0.4, -0.2) is 29.6 Å². The first-order chi connectivity index (χ1) is 11.1. The van der Waals surface area contributed by atoms with Crippen LogP contribution in [0.3, 0.4) is 0 Å². The average molecular weight is 370 g/mol. The van der Waals surface area contributed by atoms with Gasteiger partial charge in [0.2, 0.25) is 0 Å². The fourth-order valence-electron chi connectivity index (χ4n) is 3.10. The molecule has 0 aromatic carbocycles. The van der Waals surface area contributed by atoms with Crippen LogP contribution in [0.15, 0.2) is 0 Å². The molecular formula is C16H23N3O3S2. The van der Waals surface area contributed by atoms with E-state index < -0.39 is 10.1 Å². The van der Waals surface area contributed by atoms with Gasteiger partial charge >= 0.3 is 0 Å². The molecule has 3 rings (SSSR count). The van der Waals surface area contributed by atoms with Gasteiger partial charge in [-0.15, -0.1) is 0 Å². The van der Waals surface area contributed by atoms with E-state index in [4.69, 9.17) is 9.17 Å². The van der Waals surface area contributed by atoms with Crippen molar-refractivity contribution < 1.29 is 12.6 Å². The molecule has 0 N–H and O–H groups in total. The molecule has 2 aromatic heterocycles. The fourth-order valence-corrected chi connectivity index (χ4v) is 4.60. The van der Waals surface area contributed by atoms with Crippen molar-refractivity contribution in [1.29, 1.82) is 0 Å². The van der Waals surface area contributed by atoms with Gasteiger partial charge in [0.05, 0.1) is 17.0 Å². The van der Waals surface area contributed by atoms with Gasteiger partial charge in [-0.1, -0.05) is 25.2 Å². The Bertz CT molecular complexity index is 849. The second-order valence-corrected chi connectivity index (χ2v) is 9.98. The van der Waals surface area contributed by atoms with E-state index in [1.54, 1.807) is 18.3 Å². The summed E-state index contributed by atoms with van der Waals surface area (Å²) in [6.07, 6.45) is 5.70. The predicted octanol–water partition coefficient (Wildman–Crippen LogP) is 3.55. The molecule has 6 nitrogen and oxygen atoms in total. The number of aryl methyl sites for hydroxylation is 1. The number of aromatic nitrogens is 3. The SMILES string of the molecule is Cc1nc(COS(C)(=O)=O)c2nc(C3CCC(C)(C)CC3)sc2n1. The second kappa shape index (κ2) is 6.31. The van der Waals surface area contributed by atoms with Crippen LogP contribution in [0.4, 0.5) is 0 Å². The van der Waals surface area contributed by atoms with Gasteiger partial charge in [-0.25, -0.2) is 15.0 Å². The molecule has 0 atom stereocenters. The van der Waals surface area contributed by atoms with E-state index >= 15 is 0 Å². The summed E-state index contributed by atoms with van der Waals surface area (Å²) in [6.45, 7) is 6.33. The van der Waals surface area contributed by atoms with Crippen LogP contribution in [0, 0.1) is 12.3 Å². The van der Waals surface area contributed by atoms with Crippen LogP contribution >= 0.6 is 11.3 Å². The molecule has 24 heavy (non-hydrogen) atoms. The zero-order valence-corrected chi connectivity index (χ0v) is 16.1. The first-order valence-corrected chi connectivity index (χ1v) is 10.7. The lowest BCUT2D eigenvalue weighted by Gasteiger charge is -2.33. The highest BCUT2D eigenvalue weighted by atomic mass is 32.2. The minimum atomic E-state index is -3.52. The molecule has 0 spiro atoms. The molecule has 0 saturated heterocycles. The van der Waals surface area contributed by atoms with Gasteiger partial charge in [-0.2, -0.15) is 8.42 Å². The van der Waals surface area contributed by atoms with Gasteiger partial charge in [0.15, 0.2) is 0 Å². The van der Waals surface area contributed by atoms with Gasteiger partial charge in [-0.05, 0) is 38.0 Å². The third kappa shape index (κ3) is 4.10. The lowest BCUT2D eigenvalue weighted by molar-refractivity contribution is 0.224. The molecule has 0 radical (unpaired) electrons. The van der Waals surface area contributed by atoms with Crippen molar-refractivity contribution >= 4 is 31.8 Å². The molecule has 0 amide bonds. The van der Waals surface area contributed by atoms with Crippen LogP contribution in [0.5, 0.6) is 0 Å². The quantitative estimate of drug-likeness (QED) is 0.767. The number of hydrogen-bond acceptors (Lipinski definition) is 7. The van der Waals surface area contributed by atoms with Crippen molar-refractivity contribution in [3.05, 3.63) is 16.5 Å². The highest BCUT2D eigenvalue weighted by Gasteiger charge is 2.29. The van der Waals surface area contributed by atoms with Gasteiger partial charge < -0.3 is 0 Å². The minimum Gasteiger partial charge on any atom is -0.264 e. The Kier molecular flexibility index (Phi) is 4.65. The average Bonchev–Trinajstić information content (AvgIpc) is 2.87. The number of thiazole rings is 1. The van der Waals surface area contributed by atoms with Crippen LogP contribution in [-0.2, 0) is 20.9 Å². The van der Waals surface area contributed by atoms with E-state index in [0.717, 1.165) is 28.9 Å². The fraction of sp³-hybridized carbons (Fsp3) is 0.688. The van der Waals surface area contributed by atoms with Gasteiger partial charge in [0.25, 0.3) is 10.1 Å². The molecule has 132 valence electrons. The Morgan fingerprint density at radius 1 is 1.21 bits per heavy atom. The molecule has 2 heterocycles. The first kappa shape index (κ1) is 17.7. The van der Waals surface area contributed by atoms with Gasteiger partial charge in [0.1, 0.15) is 22.8 Å². The molecule has 0 bridgehead atoms. The smallest absolute Gasteiger partial charge is 0.264 e. The zero-order chi connectivity index (χ0) is 17.5. The van der Waals surface area contributed by atoms with Crippen LogP contribution in [0.1, 0.15) is 62.0 Å². The van der Waals surface area contributed by atoms with Gasteiger partial charge in [-0.3, -0.25) is 4.18 Å². The molecule has 1 aliphatic rings. The summed E-state index contributed by atoms with van der Waals surface area (Å²) in [4.78, 5) is 14.4. The standard InChI is InChI=1S/C16H23N3O3S2/c1-10-17-12(9-22-24(4,20)21)13-15(18-10)23-14(19-13)11-5-7-16(2,3)8-6-11/h11H,5-9H2,1-4H3. The van der Waals surface area contributed by atoms with Crippen molar-refractivity contribution in [2.24, 2.45) is 5.41 Å². The molecule has 1 aliphatic carbocycles. The molecule has 0 unspecified atom stereocenters. The Labute approximate surface area is 146 Å². The summed E-state index contributed by atoms with van der Waals surface area (Å²) in [5, 5.41) is 1.08. The number of rotatable bonds is 4. The Morgan fingerprint density at radius 2 is 1.88 bits per heavy atom. The number of fused-ring (bicyclic) bond motifs is 1. The molecule has 0 aliphatic heterocycles. The number of hydrogen-bond donors (Lipinski definition) is 0. The lowest BCUT2D eigenvalue weighted by atomic mass is 9.73. The second-order valence-electron chi connectivity index (χ2n) is 7.33. The van der Waals surface area contributed by atoms with E-state index in [9.17, 15) is 8.42 Å². The van der Waals surface area contributed by atoms with Crippen molar-refractivity contribution in [3.63, 3.8) is 0 Å². The summed E-state index contributed by atoms with van der Waals surface area (Å²) < 4.78 is 27.4. The summed E-state index contributed by atoms with van der Waals surface area (Å²) in [5.41, 5.74) is 1.63. The van der Waals surface area contributed by atoms with Crippen molar-refractivity contribution in [2.75, 3.05) is 6.26 Å². The molecule has 1 saturated carbocycles. The van der Waals surface area contributed by atoms with E-state index in [0.29, 0.717) is 28.4 Å². The van der Waals surface area contributed by atoms with Crippen LogP contribution in [0.25, 0.3) is 10.3 Å². The summed E-state index contributed by atoms with van der Waals surface area (Å²) in [5.74, 6) is 1.07. The lowest BCUT2D eigenvalue weighted by Crippen LogP contribution is -2.20. The maximum atomic E-state index is 11.3. The normalized spacial score (nSPS) is 19.0. The van der Waals surface area contributed by atoms with Gasteiger partial charge in [0, 0.05) is 5.92 Å². The zero-order valence-electron chi connectivity index (χ0n) is 14.5. The highest BCUT2D eigenvalue weighted by Crippen LogP contribution is 2.44. The maximum Gasteiger partial charge on any atom is 0.264 e. The van der Waals surface area contributed by atoms with E-state index in [2.05, 4.69) is 23.8 Å². The number of nitrogens with zero attached hydrogens (tertiary/aromatic N) is 3. The Balaban J connectivity index is 1.90. The first-order valence-electron chi connectivity index (χ1n) is 8.11. The van der Waals surface area contributed by atoms with E-state index in [1.807, 2.05) is 0 Å². The minimum absolute atomic E-state index is 0.0977. The van der Waals surface area contributed by atoms with Crippen molar-refractivity contribution in [1.82, 2.24) is 15.0 Å². The molecular weight excluding hydrogens is 346 g/mol. The van der Waals surface area contributed by atoms with Crippen molar-refractivity contribution in [3.8, 4) is 0 Å². The Morgan fingerprint density at radius 3 is 2.50 bits per heavy atom. The highest BCUT2D eigenvalue weighted by molar-refractivity contribution is 7.85. The Hall–Kier alpha value is -1.12. The molecule has 1 fully saturated rings. The molecule has 2 aromatic rings. The molecule has 8 heteroatoms. The van der Waals surface area contributed by atoms with E-state index in [1.165, 1.54) is 12.8 Å². The topological polar surface area (TPSA) is 82.0 Å².